The zero-order valence-corrected chi connectivity index (χ0v) is 12.3. The molecule has 1 aliphatic rings. The molecule has 1 fully saturated rings. The first-order chi connectivity index (χ1) is 10.0. The monoisotopic (exact) mass is 292 g/mol. The molecule has 6 heteroatoms. The first-order valence-corrected chi connectivity index (χ1v) is 7.05. The number of likely N-dealkylation sites (tertiary alicyclic amines) is 1. The molecule has 2 heterocycles. The number of ether oxygens (including phenoxy) is 1. The fourth-order valence-electron chi connectivity index (χ4n) is 2.75. The second kappa shape index (κ2) is 6.11. The van der Waals surface area contributed by atoms with Crippen molar-refractivity contribution in [1.29, 1.82) is 0 Å². The standard InChI is InChI=1S/C15H20N2O4/c1-3-15(14(19)20)5-8-17(9-6-15)13(18)11-4-7-16-10-12(11)21-2/h4,7,10H,3,5-6,8-9H2,1-2H3,(H,19,20). The van der Waals surface area contributed by atoms with Crippen molar-refractivity contribution >= 4 is 11.9 Å². The number of hydrogen-bond acceptors (Lipinski definition) is 4. The van der Waals surface area contributed by atoms with E-state index in [1.54, 1.807) is 17.2 Å². The second-order valence-electron chi connectivity index (χ2n) is 5.31. The highest BCUT2D eigenvalue weighted by atomic mass is 16.5. The molecule has 1 aliphatic heterocycles. The highest BCUT2D eigenvalue weighted by Crippen LogP contribution is 2.35. The van der Waals surface area contributed by atoms with Crippen molar-refractivity contribution in [3.63, 3.8) is 0 Å². The predicted molar refractivity (Wildman–Crippen MR) is 76.3 cm³/mol. The molecule has 0 atom stereocenters. The predicted octanol–water partition coefficient (Wildman–Crippen LogP) is 1.81. The fraction of sp³-hybridized carbons (Fsp3) is 0.533. The molecule has 2 rings (SSSR count). The van der Waals surface area contributed by atoms with E-state index in [0.717, 1.165) is 0 Å². The lowest BCUT2D eigenvalue weighted by atomic mass is 9.76. The summed E-state index contributed by atoms with van der Waals surface area (Å²) < 4.78 is 5.15. The Hall–Kier alpha value is -2.11. The summed E-state index contributed by atoms with van der Waals surface area (Å²) in [7, 11) is 1.50. The van der Waals surface area contributed by atoms with Gasteiger partial charge in [-0.3, -0.25) is 14.6 Å². The van der Waals surface area contributed by atoms with E-state index < -0.39 is 11.4 Å². The molecule has 0 spiro atoms. The summed E-state index contributed by atoms with van der Waals surface area (Å²) in [4.78, 5) is 29.6. The maximum atomic E-state index is 12.5. The molecule has 6 nitrogen and oxygen atoms in total. The Balaban J connectivity index is 2.12. The number of aliphatic carboxylic acids is 1. The van der Waals surface area contributed by atoms with Gasteiger partial charge in [-0.05, 0) is 25.3 Å². The van der Waals surface area contributed by atoms with Crippen LogP contribution in [0.5, 0.6) is 5.75 Å². The lowest BCUT2D eigenvalue weighted by Gasteiger charge is -2.38. The van der Waals surface area contributed by atoms with Gasteiger partial charge in [-0.2, -0.15) is 0 Å². The van der Waals surface area contributed by atoms with E-state index in [1.165, 1.54) is 13.3 Å². The molecule has 0 aliphatic carbocycles. The number of hydrogen-bond donors (Lipinski definition) is 1. The van der Waals surface area contributed by atoms with Crippen molar-refractivity contribution in [2.45, 2.75) is 26.2 Å². The van der Waals surface area contributed by atoms with Crippen LogP contribution in [0, 0.1) is 5.41 Å². The molecule has 114 valence electrons. The topological polar surface area (TPSA) is 79.7 Å². The molecule has 0 saturated carbocycles. The molecule has 1 amide bonds. The average Bonchev–Trinajstić information content (AvgIpc) is 2.54. The summed E-state index contributed by atoms with van der Waals surface area (Å²) in [5, 5.41) is 9.38. The third-order valence-electron chi connectivity index (χ3n) is 4.37. The summed E-state index contributed by atoms with van der Waals surface area (Å²) in [5.41, 5.74) is -0.231. The number of carbonyl (C=O) groups is 2. The Bertz CT molecular complexity index is 536. The van der Waals surface area contributed by atoms with Crippen molar-refractivity contribution in [3.05, 3.63) is 24.0 Å². The van der Waals surface area contributed by atoms with Crippen molar-refractivity contribution in [2.75, 3.05) is 20.2 Å². The largest absolute Gasteiger partial charge is 0.494 e. The molecule has 1 saturated heterocycles. The summed E-state index contributed by atoms with van der Waals surface area (Å²) in [5.74, 6) is -0.462. The van der Waals surface area contributed by atoms with Crippen LogP contribution in [0.25, 0.3) is 0 Å². The average molecular weight is 292 g/mol. The van der Waals surface area contributed by atoms with E-state index in [1.807, 2.05) is 6.92 Å². The number of aromatic nitrogens is 1. The third kappa shape index (κ3) is 2.84. The third-order valence-corrected chi connectivity index (χ3v) is 4.37. The van der Waals surface area contributed by atoms with E-state index in [0.29, 0.717) is 43.7 Å². The lowest BCUT2D eigenvalue weighted by Crippen LogP contribution is -2.46. The quantitative estimate of drug-likeness (QED) is 0.915. The Kier molecular flexibility index (Phi) is 4.45. The molecular formula is C15H20N2O4. The minimum absolute atomic E-state index is 0.135. The lowest BCUT2D eigenvalue weighted by molar-refractivity contribution is -0.152. The van der Waals surface area contributed by atoms with Gasteiger partial charge in [0.25, 0.3) is 5.91 Å². The second-order valence-corrected chi connectivity index (χ2v) is 5.31. The summed E-state index contributed by atoms with van der Waals surface area (Å²) >= 11 is 0. The molecule has 0 aromatic carbocycles. The first kappa shape index (κ1) is 15.3. The van der Waals surface area contributed by atoms with Crippen molar-refractivity contribution in [3.8, 4) is 5.75 Å². The van der Waals surface area contributed by atoms with Gasteiger partial charge in [0.15, 0.2) is 0 Å². The highest BCUT2D eigenvalue weighted by Gasteiger charge is 2.41. The van der Waals surface area contributed by atoms with Crippen LogP contribution >= 0.6 is 0 Å². The van der Waals surface area contributed by atoms with Crippen LogP contribution in [0.1, 0.15) is 36.5 Å². The number of piperidine rings is 1. The fourth-order valence-corrected chi connectivity index (χ4v) is 2.75. The zero-order chi connectivity index (χ0) is 15.5. The summed E-state index contributed by atoms with van der Waals surface area (Å²) in [6.45, 7) is 2.78. The minimum atomic E-state index is -0.765. The molecule has 0 radical (unpaired) electrons. The van der Waals surface area contributed by atoms with Crippen LogP contribution in [-0.4, -0.2) is 47.1 Å². The van der Waals surface area contributed by atoms with Crippen molar-refractivity contribution in [2.24, 2.45) is 5.41 Å². The molecule has 1 aromatic rings. The Morgan fingerprint density at radius 2 is 2.10 bits per heavy atom. The number of pyridine rings is 1. The number of rotatable bonds is 4. The minimum Gasteiger partial charge on any atom is -0.494 e. The zero-order valence-electron chi connectivity index (χ0n) is 12.3. The van der Waals surface area contributed by atoms with Gasteiger partial charge >= 0.3 is 5.97 Å². The van der Waals surface area contributed by atoms with Gasteiger partial charge < -0.3 is 14.7 Å². The SMILES string of the molecule is CCC1(C(=O)O)CCN(C(=O)c2ccncc2OC)CC1. The van der Waals surface area contributed by atoms with E-state index in [9.17, 15) is 14.7 Å². The maximum Gasteiger partial charge on any atom is 0.309 e. The van der Waals surface area contributed by atoms with Gasteiger partial charge in [-0.1, -0.05) is 6.92 Å². The first-order valence-electron chi connectivity index (χ1n) is 7.05. The maximum absolute atomic E-state index is 12.5. The number of carboxylic acids is 1. The van der Waals surface area contributed by atoms with Crippen LogP contribution in [0.15, 0.2) is 18.5 Å². The van der Waals surface area contributed by atoms with E-state index in [2.05, 4.69) is 4.98 Å². The number of carbonyl (C=O) groups excluding carboxylic acids is 1. The Morgan fingerprint density at radius 3 is 2.62 bits per heavy atom. The van der Waals surface area contributed by atoms with Gasteiger partial charge in [-0.25, -0.2) is 0 Å². The van der Waals surface area contributed by atoms with Crippen LogP contribution < -0.4 is 4.74 Å². The van der Waals surface area contributed by atoms with Gasteiger partial charge in [-0.15, -0.1) is 0 Å². The summed E-state index contributed by atoms with van der Waals surface area (Å²) in [6.07, 6.45) is 4.61. The van der Waals surface area contributed by atoms with E-state index in [4.69, 9.17) is 4.74 Å². The molecule has 1 N–H and O–H groups in total. The smallest absolute Gasteiger partial charge is 0.309 e. The summed E-state index contributed by atoms with van der Waals surface area (Å²) in [6, 6.07) is 1.63. The van der Waals surface area contributed by atoms with E-state index >= 15 is 0 Å². The van der Waals surface area contributed by atoms with Crippen molar-refractivity contribution in [1.82, 2.24) is 9.88 Å². The van der Waals surface area contributed by atoms with E-state index in [-0.39, 0.29) is 5.91 Å². The number of amides is 1. The normalized spacial score (nSPS) is 17.3. The van der Waals surface area contributed by atoms with Crippen molar-refractivity contribution < 1.29 is 19.4 Å². The van der Waals surface area contributed by atoms with Gasteiger partial charge in [0.05, 0.1) is 24.3 Å². The molecule has 0 unspecified atom stereocenters. The Morgan fingerprint density at radius 1 is 1.43 bits per heavy atom. The number of methoxy groups -OCH3 is 1. The van der Waals surface area contributed by atoms with Crippen LogP contribution in [0.3, 0.4) is 0 Å². The van der Waals surface area contributed by atoms with Crippen LogP contribution in [0.4, 0.5) is 0 Å². The Labute approximate surface area is 123 Å². The van der Waals surface area contributed by atoms with Crippen LogP contribution in [-0.2, 0) is 4.79 Å². The molecule has 1 aromatic heterocycles. The van der Waals surface area contributed by atoms with Gasteiger partial charge in [0, 0.05) is 19.3 Å². The van der Waals surface area contributed by atoms with Gasteiger partial charge in [0.2, 0.25) is 0 Å². The van der Waals surface area contributed by atoms with Crippen LogP contribution in [0.2, 0.25) is 0 Å². The molecule has 0 bridgehead atoms. The number of carboxylic acid groups (broad SMARTS) is 1. The molecular weight excluding hydrogens is 272 g/mol. The van der Waals surface area contributed by atoms with Gasteiger partial charge in [0.1, 0.15) is 5.75 Å². The highest BCUT2D eigenvalue weighted by molar-refractivity contribution is 5.97. The molecule has 21 heavy (non-hydrogen) atoms. The number of nitrogens with zero attached hydrogens (tertiary/aromatic N) is 2.